The molecule has 0 saturated carbocycles. The molecule has 1 unspecified atom stereocenters. The number of benzene rings is 2. The molecule has 0 aromatic heterocycles. The summed E-state index contributed by atoms with van der Waals surface area (Å²) in [4.78, 5) is 41.5. The van der Waals surface area contributed by atoms with Crippen LogP contribution in [0.5, 0.6) is 0 Å². The predicted molar refractivity (Wildman–Crippen MR) is 123 cm³/mol. The van der Waals surface area contributed by atoms with E-state index >= 15 is 0 Å². The molecule has 2 aliphatic rings. The van der Waals surface area contributed by atoms with Crippen molar-refractivity contribution in [3.05, 3.63) is 65.0 Å². The molecule has 1 fully saturated rings. The van der Waals surface area contributed by atoms with Gasteiger partial charge in [0.05, 0.1) is 16.8 Å². The number of anilines is 1. The minimum absolute atomic E-state index is 0. The summed E-state index contributed by atoms with van der Waals surface area (Å²) in [6.07, 6.45) is 4.60. The smallest absolute Gasteiger partial charge is 0.266 e. The highest BCUT2D eigenvalue weighted by atomic mass is 35.5. The molecule has 2 aromatic carbocycles. The van der Waals surface area contributed by atoms with Gasteiger partial charge < -0.3 is 10.2 Å². The molecule has 2 aliphatic heterocycles. The molecule has 6 nitrogen and oxygen atoms in total. The first-order chi connectivity index (χ1) is 15.0. The van der Waals surface area contributed by atoms with E-state index in [9.17, 15) is 18.8 Å². The van der Waals surface area contributed by atoms with Gasteiger partial charge in [-0.3, -0.25) is 14.4 Å². The Morgan fingerprint density at radius 1 is 1.06 bits per heavy atom. The summed E-state index contributed by atoms with van der Waals surface area (Å²) in [6.45, 7) is 4.86. The Kier molecular flexibility index (Phi) is 7.64. The van der Waals surface area contributed by atoms with Gasteiger partial charge in [0, 0.05) is 24.7 Å². The molecule has 170 valence electrons. The lowest BCUT2D eigenvalue weighted by atomic mass is 10.0. The molecule has 1 atom stereocenters. The Hall–Kier alpha value is -2.77. The monoisotopic (exact) mass is 459 g/mol. The molecular weight excluding hydrogens is 433 g/mol. The zero-order chi connectivity index (χ0) is 22.0. The third kappa shape index (κ3) is 4.84. The average molecular weight is 460 g/mol. The summed E-state index contributed by atoms with van der Waals surface area (Å²) in [5, 5.41) is 2.90. The lowest BCUT2D eigenvalue weighted by Crippen LogP contribution is -2.39. The quantitative estimate of drug-likeness (QED) is 0.522. The summed E-state index contributed by atoms with van der Waals surface area (Å²) in [5.41, 5.74) is 1.06. The molecular formula is C24H27ClFN3O3. The fourth-order valence-corrected chi connectivity index (χ4v) is 4.28. The van der Waals surface area contributed by atoms with Crippen LogP contribution in [0.15, 0.2) is 42.5 Å². The first-order valence-corrected chi connectivity index (χ1v) is 10.8. The summed E-state index contributed by atoms with van der Waals surface area (Å²) < 4.78 is 13.2. The summed E-state index contributed by atoms with van der Waals surface area (Å²) in [6, 6.07) is 10.3. The van der Waals surface area contributed by atoms with Crippen LogP contribution in [0, 0.1) is 5.82 Å². The van der Waals surface area contributed by atoms with Crippen LogP contribution in [-0.2, 0) is 0 Å². The van der Waals surface area contributed by atoms with Crippen molar-refractivity contribution in [1.29, 1.82) is 0 Å². The Bertz CT molecular complexity index is 1010. The second-order valence-corrected chi connectivity index (χ2v) is 8.17. The molecule has 4 rings (SSSR count). The van der Waals surface area contributed by atoms with Crippen LogP contribution in [-0.4, -0.2) is 48.3 Å². The number of piperidine rings is 1. The van der Waals surface area contributed by atoms with Gasteiger partial charge in [0.15, 0.2) is 0 Å². The molecule has 1 N–H and O–H groups in total. The molecule has 3 amide bonds. The van der Waals surface area contributed by atoms with Gasteiger partial charge in [-0.2, -0.15) is 0 Å². The van der Waals surface area contributed by atoms with E-state index in [4.69, 9.17) is 0 Å². The number of carbonyl (C=O) groups excluding carboxylic acids is 3. The normalized spacial score (nSPS) is 18.3. The van der Waals surface area contributed by atoms with Crippen molar-refractivity contribution in [2.75, 3.05) is 24.5 Å². The zero-order valence-corrected chi connectivity index (χ0v) is 18.8. The minimum atomic E-state index is -0.514. The van der Waals surface area contributed by atoms with Crippen LogP contribution in [0.3, 0.4) is 0 Å². The molecule has 2 aromatic rings. The summed E-state index contributed by atoms with van der Waals surface area (Å²) in [7, 11) is 0. The minimum Gasteiger partial charge on any atom is -0.352 e. The van der Waals surface area contributed by atoms with Gasteiger partial charge in [0.2, 0.25) is 0 Å². The molecule has 0 radical (unpaired) electrons. The van der Waals surface area contributed by atoms with E-state index in [0.717, 1.165) is 24.4 Å². The third-order valence-corrected chi connectivity index (χ3v) is 6.08. The molecule has 0 aliphatic carbocycles. The number of likely N-dealkylation sites (tertiary alicyclic amines) is 1. The van der Waals surface area contributed by atoms with Crippen molar-refractivity contribution in [3.63, 3.8) is 0 Å². The molecule has 1 saturated heterocycles. The van der Waals surface area contributed by atoms with E-state index in [1.807, 2.05) is 0 Å². The van der Waals surface area contributed by atoms with Crippen molar-refractivity contribution >= 4 is 35.8 Å². The second-order valence-electron chi connectivity index (χ2n) is 8.17. The van der Waals surface area contributed by atoms with Gasteiger partial charge in [0.25, 0.3) is 17.7 Å². The van der Waals surface area contributed by atoms with Crippen LogP contribution in [0.25, 0.3) is 0 Å². The standard InChI is InChI=1S/C24H26FN3O3.ClH/c1-16-5-2-3-13-27(16)14-4-12-26-22(29)17-6-11-20-21(15-17)24(31)28(23(20)30)19-9-7-18(25)8-10-19;/h6-11,15-16H,2-5,12-14H2,1H3,(H,26,29);1H. The maximum atomic E-state index is 13.2. The number of nitrogens with one attached hydrogen (secondary N) is 1. The van der Waals surface area contributed by atoms with Crippen LogP contribution < -0.4 is 10.2 Å². The number of carbonyl (C=O) groups is 3. The largest absolute Gasteiger partial charge is 0.352 e. The van der Waals surface area contributed by atoms with E-state index < -0.39 is 17.6 Å². The Balaban J connectivity index is 0.00000289. The third-order valence-electron chi connectivity index (χ3n) is 6.08. The van der Waals surface area contributed by atoms with Gasteiger partial charge in [-0.05, 0) is 75.2 Å². The van der Waals surface area contributed by atoms with Crippen LogP contribution in [0.4, 0.5) is 10.1 Å². The predicted octanol–water partition coefficient (Wildman–Crippen LogP) is 4.04. The first kappa shape index (κ1) is 23.9. The fourth-order valence-electron chi connectivity index (χ4n) is 4.28. The van der Waals surface area contributed by atoms with Crippen LogP contribution in [0.2, 0.25) is 0 Å². The van der Waals surface area contributed by atoms with E-state index in [1.54, 1.807) is 6.07 Å². The number of hydrogen-bond donors (Lipinski definition) is 1. The van der Waals surface area contributed by atoms with Gasteiger partial charge in [0.1, 0.15) is 5.82 Å². The maximum absolute atomic E-state index is 13.2. The zero-order valence-electron chi connectivity index (χ0n) is 18.0. The van der Waals surface area contributed by atoms with Crippen LogP contribution >= 0.6 is 12.4 Å². The lowest BCUT2D eigenvalue weighted by molar-refractivity contribution is 0.0923. The fraction of sp³-hybridized carbons (Fsp3) is 0.375. The van der Waals surface area contributed by atoms with Crippen molar-refractivity contribution < 1.29 is 18.8 Å². The number of rotatable bonds is 6. The van der Waals surface area contributed by atoms with E-state index in [2.05, 4.69) is 17.1 Å². The van der Waals surface area contributed by atoms with Gasteiger partial charge in [-0.15, -0.1) is 12.4 Å². The number of nitrogens with zero attached hydrogens (tertiary/aromatic N) is 2. The van der Waals surface area contributed by atoms with Crippen molar-refractivity contribution in [1.82, 2.24) is 10.2 Å². The highest BCUT2D eigenvalue weighted by Gasteiger charge is 2.37. The first-order valence-electron chi connectivity index (χ1n) is 10.8. The van der Waals surface area contributed by atoms with Crippen molar-refractivity contribution in [2.45, 2.75) is 38.6 Å². The van der Waals surface area contributed by atoms with E-state index in [0.29, 0.717) is 23.8 Å². The second kappa shape index (κ2) is 10.2. The van der Waals surface area contributed by atoms with Crippen molar-refractivity contribution in [2.24, 2.45) is 0 Å². The summed E-state index contributed by atoms with van der Waals surface area (Å²) >= 11 is 0. The molecule has 0 spiro atoms. The lowest BCUT2D eigenvalue weighted by Gasteiger charge is -2.33. The van der Waals surface area contributed by atoms with E-state index in [1.165, 1.54) is 55.7 Å². The highest BCUT2D eigenvalue weighted by molar-refractivity contribution is 6.34. The molecule has 2 heterocycles. The number of halogens is 2. The molecule has 32 heavy (non-hydrogen) atoms. The molecule has 8 heteroatoms. The van der Waals surface area contributed by atoms with Crippen LogP contribution in [0.1, 0.15) is 63.7 Å². The van der Waals surface area contributed by atoms with Gasteiger partial charge in [-0.25, -0.2) is 9.29 Å². The Morgan fingerprint density at radius 2 is 1.78 bits per heavy atom. The molecule has 0 bridgehead atoms. The van der Waals surface area contributed by atoms with Gasteiger partial charge in [-0.1, -0.05) is 6.42 Å². The highest BCUT2D eigenvalue weighted by Crippen LogP contribution is 2.29. The number of hydrogen-bond acceptors (Lipinski definition) is 4. The number of amides is 3. The Labute approximate surface area is 193 Å². The number of fused-ring (bicyclic) bond motifs is 1. The summed E-state index contributed by atoms with van der Waals surface area (Å²) in [5.74, 6) is -1.71. The number of imide groups is 1. The maximum Gasteiger partial charge on any atom is 0.266 e. The van der Waals surface area contributed by atoms with Crippen molar-refractivity contribution in [3.8, 4) is 0 Å². The average Bonchev–Trinajstić information content (AvgIpc) is 3.02. The topological polar surface area (TPSA) is 69.7 Å². The Morgan fingerprint density at radius 3 is 2.50 bits per heavy atom. The van der Waals surface area contributed by atoms with Gasteiger partial charge >= 0.3 is 0 Å². The SMILES string of the molecule is CC1CCCCN1CCCNC(=O)c1ccc2c(c1)C(=O)N(c1ccc(F)cc1)C2=O.Cl. The van der Waals surface area contributed by atoms with E-state index in [-0.39, 0.29) is 29.4 Å².